The van der Waals surface area contributed by atoms with E-state index in [-0.39, 0.29) is 11.5 Å². The topological polar surface area (TPSA) is 37.3 Å². The zero-order chi connectivity index (χ0) is 16.9. The van der Waals surface area contributed by atoms with Crippen molar-refractivity contribution in [2.75, 3.05) is 0 Å². The predicted molar refractivity (Wildman–Crippen MR) is 96.5 cm³/mol. The van der Waals surface area contributed by atoms with E-state index in [4.69, 9.17) is 0 Å². The molecule has 134 valence electrons. The molecule has 0 spiro atoms. The second kappa shape index (κ2) is 5.97. The van der Waals surface area contributed by atoms with Crippen LogP contribution in [0.3, 0.4) is 0 Å². The van der Waals surface area contributed by atoms with Gasteiger partial charge in [0.25, 0.3) is 0 Å². The fourth-order valence-electron chi connectivity index (χ4n) is 7.40. The monoisotopic (exact) mass is 330 g/mol. The van der Waals surface area contributed by atoms with Crippen LogP contribution in [0.2, 0.25) is 0 Å². The Morgan fingerprint density at radius 3 is 2.88 bits per heavy atom. The van der Waals surface area contributed by atoms with Gasteiger partial charge in [0.15, 0.2) is 0 Å². The van der Waals surface area contributed by atoms with Gasteiger partial charge in [-0.1, -0.05) is 31.9 Å². The number of fused-ring (bicyclic) bond motifs is 5. The minimum absolute atomic E-state index is 0.235. The number of hydrogen-bond donors (Lipinski definition) is 1. The molecule has 0 radical (unpaired) electrons. The van der Waals surface area contributed by atoms with Crippen molar-refractivity contribution >= 4 is 6.29 Å². The Morgan fingerprint density at radius 1 is 1.25 bits per heavy atom. The molecular formula is C22H34O2. The minimum atomic E-state index is -0.235. The zero-order valence-corrected chi connectivity index (χ0v) is 15.5. The molecule has 2 unspecified atom stereocenters. The van der Waals surface area contributed by atoms with Gasteiger partial charge in [-0.15, -0.1) is 0 Å². The molecule has 2 nitrogen and oxygen atoms in total. The molecule has 2 heteroatoms. The SMILES string of the molecule is C[C@@]12CCC[C@H]1[C@@H]1CC=C3CC(O)C(CCC=O)C[C@]3(C)[C@@H]1CC2. The Morgan fingerprint density at radius 2 is 2.08 bits per heavy atom. The molecule has 0 aromatic rings. The van der Waals surface area contributed by atoms with Crippen molar-refractivity contribution in [3.8, 4) is 0 Å². The number of allylic oxidation sites excluding steroid dienone is 1. The third kappa shape index (κ3) is 2.43. The molecule has 4 aliphatic rings. The maximum Gasteiger partial charge on any atom is 0.120 e. The first-order chi connectivity index (χ1) is 11.5. The van der Waals surface area contributed by atoms with Gasteiger partial charge < -0.3 is 9.90 Å². The van der Waals surface area contributed by atoms with Gasteiger partial charge in [0.05, 0.1) is 6.10 Å². The second-order valence-electron chi connectivity index (χ2n) is 9.82. The quantitative estimate of drug-likeness (QED) is 0.590. The largest absolute Gasteiger partial charge is 0.393 e. The van der Waals surface area contributed by atoms with Gasteiger partial charge in [-0.3, -0.25) is 0 Å². The summed E-state index contributed by atoms with van der Waals surface area (Å²) in [5, 5.41) is 10.6. The van der Waals surface area contributed by atoms with Crippen molar-refractivity contribution < 1.29 is 9.90 Å². The van der Waals surface area contributed by atoms with Crippen molar-refractivity contribution in [2.24, 2.45) is 34.5 Å². The first kappa shape index (κ1) is 16.8. The summed E-state index contributed by atoms with van der Waals surface area (Å²) in [6, 6.07) is 0. The Labute approximate surface area is 147 Å². The van der Waals surface area contributed by atoms with E-state index in [0.29, 0.717) is 17.8 Å². The molecular weight excluding hydrogens is 296 g/mol. The van der Waals surface area contributed by atoms with Gasteiger partial charge >= 0.3 is 0 Å². The van der Waals surface area contributed by atoms with Crippen LogP contribution < -0.4 is 0 Å². The van der Waals surface area contributed by atoms with E-state index in [1.807, 2.05) is 0 Å². The Kier molecular flexibility index (Phi) is 4.18. The summed E-state index contributed by atoms with van der Waals surface area (Å²) >= 11 is 0. The van der Waals surface area contributed by atoms with Gasteiger partial charge in [0.1, 0.15) is 6.29 Å². The lowest BCUT2D eigenvalue weighted by molar-refractivity contribution is -0.108. The van der Waals surface area contributed by atoms with Crippen molar-refractivity contribution in [3.05, 3.63) is 11.6 Å². The van der Waals surface area contributed by atoms with Crippen LogP contribution in [0.1, 0.15) is 78.1 Å². The number of carbonyl (C=O) groups excluding carboxylic acids is 1. The first-order valence-electron chi connectivity index (χ1n) is 10.3. The molecule has 0 bridgehead atoms. The van der Waals surface area contributed by atoms with E-state index in [0.717, 1.165) is 43.3 Å². The van der Waals surface area contributed by atoms with E-state index in [9.17, 15) is 9.90 Å². The summed E-state index contributed by atoms with van der Waals surface area (Å²) in [4.78, 5) is 10.8. The molecule has 24 heavy (non-hydrogen) atoms. The number of aliphatic hydroxyl groups excluding tert-OH is 1. The van der Waals surface area contributed by atoms with Crippen molar-refractivity contribution in [2.45, 2.75) is 84.2 Å². The standard InChI is InChI=1S/C22H34O2/c1-21-10-3-6-18(21)17-8-7-16-13-20(24)15(5-4-12-23)14-22(16,2)19(17)9-11-21/h7,12,15,17-20,24H,3-6,8-11,13-14H2,1-2H3/t15?,17-,18-,19+,20?,21-,22-/m0/s1. The van der Waals surface area contributed by atoms with Crippen LogP contribution in [-0.4, -0.2) is 17.5 Å². The average Bonchev–Trinajstić information content (AvgIpc) is 2.95. The number of hydrogen-bond acceptors (Lipinski definition) is 2. The molecule has 3 saturated carbocycles. The third-order valence-corrected chi connectivity index (χ3v) is 8.72. The lowest BCUT2D eigenvalue weighted by Gasteiger charge is -2.58. The normalized spacial score (nSPS) is 50.5. The fraction of sp³-hybridized carbons (Fsp3) is 0.864. The number of rotatable bonds is 3. The smallest absolute Gasteiger partial charge is 0.120 e. The summed E-state index contributed by atoms with van der Waals surface area (Å²) in [7, 11) is 0. The molecule has 0 aliphatic heterocycles. The van der Waals surface area contributed by atoms with Crippen LogP contribution in [-0.2, 0) is 4.79 Å². The van der Waals surface area contributed by atoms with Crippen LogP contribution >= 0.6 is 0 Å². The number of aldehydes is 1. The zero-order valence-electron chi connectivity index (χ0n) is 15.5. The molecule has 7 atom stereocenters. The highest BCUT2D eigenvalue weighted by atomic mass is 16.3. The van der Waals surface area contributed by atoms with Crippen LogP contribution in [0.5, 0.6) is 0 Å². The molecule has 0 heterocycles. The summed E-state index contributed by atoms with van der Waals surface area (Å²) in [6.45, 7) is 5.05. The van der Waals surface area contributed by atoms with Crippen LogP contribution in [0.15, 0.2) is 11.6 Å². The third-order valence-electron chi connectivity index (χ3n) is 8.72. The molecule has 0 aromatic heterocycles. The van der Waals surface area contributed by atoms with E-state index >= 15 is 0 Å². The summed E-state index contributed by atoms with van der Waals surface area (Å²) in [6.07, 6.45) is 15.1. The lowest BCUT2D eigenvalue weighted by atomic mass is 9.47. The molecule has 0 aromatic carbocycles. The molecule has 3 fully saturated rings. The van der Waals surface area contributed by atoms with Crippen LogP contribution in [0.4, 0.5) is 0 Å². The van der Waals surface area contributed by atoms with E-state index in [1.165, 1.54) is 38.5 Å². The van der Waals surface area contributed by atoms with Crippen molar-refractivity contribution in [3.63, 3.8) is 0 Å². The predicted octanol–water partition coefficient (Wildman–Crippen LogP) is 4.91. The summed E-state index contributed by atoms with van der Waals surface area (Å²) in [5.41, 5.74) is 2.42. The van der Waals surface area contributed by atoms with E-state index < -0.39 is 0 Å². The van der Waals surface area contributed by atoms with Gasteiger partial charge in [-0.05, 0) is 85.9 Å². The van der Waals surface area contributed by atoms with Gasteiger partial charge in [-0.2, -0.15) is 0 Å². The Balaban J connectivity index is 1.61. The first-order valence-corrected chi connectivity index (χ1v) is 10.3. The highest BCUT2D eigenvalue weighted by molar-refractivity contribution is 5.49. The lowest BCUT2D eigenvalue weighted by Crippen LogP contribution is -2.51. The Hall–Kier alpha value is -0.630. The number of carbonyl (C=O) groups is 1. The van der Waals surface area contributed by atoms with Crippen LogP contribution in [0, 0.1) is 34.5 Å². The minimum Gasteiger partial charge on any atom is -0.393 e. The highest BCUT2D eigenvalue weighted by Gasteiger charge is 2.56. The second-order valence-corrected chi connectivity index (χ2v) is 9.82. The Bertz CT molecular complexity index is 538. The maximum atomic E-state index is 10.8. The number of aliphatic hydroxyl groups is 1. The molecule has 0 saturated heterocycles. The summed E-state index contributed by atoms with van der Waals surface area (Å²) in [5.74, 6) is 2.90. The van der Waals surface area contributed by atoms with Gasteiger partial charge in [0.2, 0.25) is 0 Å². The fourth-order valence-corrected chi connectivity index (χ4v) is 7.40. The highest BCUT2D eigenvalue weighted by Crippen LogP contribution is 2.65. The molecule has 0 amide bonds. The van der Waals surface area contributed by atoms with Crippen LogP contribution in [0.25, 0.3) is 0 Å². The maximum absolute atomic E-state index is 10.8. The van der Waals surface area contributed by atoms with E-state index in [2.05, 4.69) is 19.9 Å². The summed E-state index contributed by atoms with van der Waals surface area (Å²) < 4.78 is 0. The van der Waals surface area contributed by atoms with Gasteiger partial charge in [0, 0.05) is 6.42 Å². The van der Waals surface area contributed by atoms with Gasteiger partial charge in [-0.25, -0.2) is 0 Å². The molecule has 4 aliphatic carbocycles. The molecule has 1 N–H and O–H groups in total. The average molecular weight is 331 g/mol. The van der Waals surface area contributed by atoms with Crippen molar-refractivity contribution in [1.82, 2.24) is 0 Å². The van der Waals surface area contributed by atoms with E-state index in [1.54, 1.807) is 5.57 Å². The van der Waals surface area contributed by atoms with Crippen molar-refractivity contribution in [1.29, 1.82) is 0 Å². The molecule has 4 rings (SSSR count).